The van der Waals surface area contributed by atoms with Crippen molar-refractivity contribution in [3.8, 4) is 0 Å². The largest absolute Gasteiger partial charge is 0.367 e. The molecule has 23 heavy (non-hydrogen) atoms. The maximum atomic E-state index is 13.0. The average molecular weight is 312 g/mol. The predicted molar refractivity (Wildman–Crippen MR) is 91.3 cm³/mol. The smallest absolute Gasteiger partial charge is 0.162 e. The molecular formula is C21H28O2. The molecule has 2 nitrogen and oxygen atoms in total. The van der Waals surface area contributed by atoms with E-state index in [1.807, 2.05) is 6.07 Å². The second-order valence-electron chi connectivity index (χ2n) is 7.89. The van der Waals surface area contributed by atoms with E-state index < -0.39 is 0 Å². The third-order valence-electron chi connectivity index (χ3n) is 6.53. The fourth-order valence-corrected chi connectivity index (χ4v) is 5.38. The highest BCUT2D eigenvalue weighted by atomic mass is 16.5. The van der Waals surface area contributed by atoms with E-state index >= 15 is 0 Å². The fourth-order valence-electron chi connectivity index (χ4n) is 5.38. The number of hydrogen-bond acceptors (Lipinski definition) is 2. The Morgan fingerprint density at radius 3 is 2.61 bits per heavy atom. The Hall–Kier alpha value is -1.15. The summed E-state index contributed by atoms with van der Waals surface area (Å²) in [6.07, 6.45) is 8.27. The minimum atomic E-state index is -0.0987. The number of fused-ring (bicyclic) bond motifs is 2. The van der Waals surface area contributed by atoms with Gasteiger partial charge in [-0.15, -0.1) is 0 Å². The molecule has 0 spiro atoms. The van der Waals surface area contributed by atoms with E-state index in [0.717, 1.165) is 24.7 Å². The van der Waals surface area contributed by atoms with Gasteiger partial charge in [-0.2, -0.15) is 0 Å². The highest BCUT2D eigenvalue weighted by Crippen LogP contribution is 2.53. The van der Waals surface area contributed by atoms with Crippen LogP contribution in [0.15, 0.2) is 30.3 Å². The van der Waals surface area contributed by atoms with Crippen molar-refractivity contribution in [1.82, 2.24) is 0 Å². The van der Waals surface area contributed by atoms with Gasteiger partial charge in [-0.05, 0) is 61.3 Å². The molecule has 5 aliphatic rings. The molecule has 6 unspecified atom stereocenters. The molecule has 5 fully saturated rings. The van der Waals surface area contributed by atoms with Crippen molar-refractivity contribution in [3.63, 3.8) is 0 Å². The number of rotatable bonds is 6. The van der Waals surface area contributed by atoms with Crippen molar-refractivity contribution in [2.75, 3.05) is 0 Å². The van der Waals surface area contributed by atoms with Crippen LogP contribution in [0.25, 0.3) is 0 Å². The molecule has 124 valence electrons. The zero-order chi connectivity index (χ0) is 15.8. The van der Waals surface area contributed by atoms with Gasteiger partial charge in [0.25, 0.3) is 0 Å². The summed E-state index contributed by atoms with van der Waals surface area (Å²) in [6.45, 7) is 2.21. The number of Topliss-reactive ketones (excluding diaryl/α,β-unsaturated/α-hetero) is 1. The Bertz CT molecular complexity index is 552. The number of hydrogen-bond donors (Lipinski definition) is 0. The summed E-state index contributed by atoms with van der Waals surface area (Å²) in [4.78, 5) is 13.0. The van der Waals surface area contributed by atoms with Crippen molar-refractivity contribution in [1.29, 1.82) is 0 Å². The van der Waals surface area contributed by atoms with E-state index in [9.17, 15) is 4.79 Å². The van der Waals surface area contributed by atoms with Gasteiger partial charge in [-0.3, -0.25) is 4.79 Å². The Morgan fingerprint density at radius 2 is 1.96 bits per heavy atom. The first kappa shape index (κ1) is 15.4. The summed E-state index contributed by atoms with van der Waals surface area (Å²) in [5.41, 5.74) is 1.31. The summed E-state index contributed by atoms with van der Waals surface area (Å²) in [5, 5.41) is 0. The van der Waals surface area contributed by atoms with Crippen molar-refractivity contribution in [3.05, 3.63) is 35.9 Å². The van der Waals surface area contributed by atoms with E-state index in [4.69, 9.17) is 4.74 Å². The Balaban J connectivity index is 1.46. The Labute approximate surface area is 139 Å². The van der Waals surface area contributed by atoms with E-state index in [1.165, 1.54) is 31.2 Å². The van der Waals surface area contributed by atoms with Gasteiger partial charge in [0, 0.05) is 6.42 Å². The van der Waals surface area contributed by atoms with Crippen LogP contribution in [0.3, 0.4) is 0 Å². The molecule has 2 heteroatoms. The molecule has 0 radical (unpaired) electrons. The van der Waals surface area contributed by atoms with Crippen LogP contribution in [0.4, 0.5) is 0 Å². The molecule has 4 bridgehead atoms. The third-order valence-corrected chi connectivity index (χ3v) is 6.53. The van der Waals surface area contributed by atoms with Crippen LogP contribution in [0.2, 0.25) is 0 Å². The lowest BCUT2D eigenvalue weighted by Crippen LogP contribution is -2.56. The quantitative estimate of drug-likeness (QED) is 0.759. The topological polar surface area (TPSA) is 26.3 Å². The lowest BCUT2D eigenvalue weighted by molar-refractivity contribution is -0.205. The molecule has 6 atom stereocenters. The molecule has 3 saturated carbocycles. The molecule has 2 heterocycles. The second-order valence-corrected chi connectivity index (χ2v) is 7.89. The molecular weight excluding hydrogens is 284 g/mol. The number of ether oxygens (including phenoxy) is 1. The van der Waals surface area contributed by atoms with Gasteiger partial charge in [-0.1, -0.05) is 43.7 Å². The summed E-state index contributed by atoms with van der Waals surface area (Å²) in [5.74, 6) is 2.75. The van der Waals surface area contributed by atoms with E-state index in [0.29, 0.717) is 30.1 Å². The Morgan fingerprint density at radius 1 is 1.17 bits per heavy atom. The number of benzene rings is 1. The third kappa shape index (κ3) is 2.87. The summed E-state index contributed by atoms with van der Waals surface area (Å²) < 4.78 is 6.25. The van der Waals surface area contributed by atoms with Crippen LogP contribution < -0.4 is 0 Å². The number of carbonyl (C=O) groups is 1. The standard InChI is InChI=1S/C21H28O2/c1-2-6-15(14-7-4-3-5-8-14)12-19(22)21-18-11-17-10-9-16(18)13-20(17)23-21/h3-5,7-8,15-18,20-21H,2,6,9-13H2,1H3. The first-order valence-electron chi connectivity index (χ1n) is 9.49. The molecule has 2 saturated heterocycles. The molecule has 6 rings (SSSR count). The van der Waals surface area contributed by atoms with Gasteiger partial charge in [0.15, 0.2) is 5.78 Å². The van der Waals surface area contributed by atoms with Gasteiger partial charge in [0.2, 0.25) is 0 Å². The van der Waals surface area contributed by atoms with Crippen LogP contribution in [-0.4, -0.2) is 18.0 Å². The van der Waals surface area contributed by atoms with Gasteiger partial charge in [-0.25, -0.2) is 0 Å². The lowest BCUT2D eigenvalue weighted by Gasteiger charge is -2.55. The minimum absolute atomic E-state index is 0.0987. The van der Waals surface area contributed by atoms with Gasteiger partial charge in [0.1, 0.15) is 6.10 Å². The zero-order valence-corrected chi connectivity index (χ0v) is 14.1. The second kappa shape index (κ2) is 6.39. The van der Waals surface area contributed by atoms with E-state index in [-0.39, 0.29) is 6.10 Å². The maximum absolute atomic E-state index is 13.0. The molecule has 0 aromatic heterocycles. The number of carbonyl (C=O) groups excluding carboxylic acids is 1. The van der Waals surface area contributed by atoms with Gasteiger partial charge >= 0.3 is 0 Å². The van der Waals surface area contributed by atoms with E-state index in [1.54, 1.807) is 0 Å². The first-order chi connectivity index (χ1) is 11.3. The normalized spacial score (nSPS) is 36.1. The monoisotopic (exact) mass is 312 g/mol. The average Bonchev–Trinajstić information content (AvgIpc) is 2.62. The molecule has 1 aromatic rings. The van der Waals surface area contributed by atoms with E-state index in [2.05, 4.69) is 31.2 Å². The van der Waals surface area contributed by atoms with Crippen molar-refractivity contribution >= 4 is 5.78 Å². The van der Waals surface area contributed by atoms with Crippen LogP contribution in [0, 0.1) is 17.8 Å². The van der Waals surface area contributed by atoms with Crippen LogP contribution in [0.5, 0.6) is 0 Å². The van der Waals surface area contributed by atoms with Crippen LogP contribution >= 0.6 is 0 Å². The molecule has 1 aromatic carbocycles. The highest BCUT2D eigenvalue weighted by Gasteiger charge is 2.53. The number of ketones is 1. The van der Waals surface area contributed by atoms with Crippen molar-refractivity contribution in [2.24, 2.45) is 17.8 Å². The fraction of sp³-hybridized carbons (Fsp3) is 0.667. The summed E-state index contributed by atoms with van der Waals surface area (Å²) >= 11 is 0. The van der Waals surface area contributed by atoms with Gasteiger partial charge < -0.3 is 4.74 Å². The summed E-state index contributed by atoms with van der Waals surface area (Å²) in [7, 11) is 0. The molecule has 0 amide bonds. The highest BCUT2D eigenvalue weighted by molar-refractivity contribution is 5.84. The Kier molecular flexibility index (Phi) is 4.27. The van der Waals surface area contributed by atoms with Crippen molar-refractivity contribution in [2.45, 2.75) is 70.0 Å². The molecule has 0 N–H and O–H groups in total. The molecule has 3 aliphatic carbocycles. The van der Waals surface area contributed by atoms with Crippen LogP contribution in [-0.2, 0) is 9.53 Å². The van der Waals surface area contributed by atoms with Crippen LogP contribution in [0.1, 0.15) is 63.4 Å². The molecule has 2 aliphatic heterocycles. The SMILES string of the molecule is CCCC(CC(=O)C1OC2CC3CCC2CC31)c1ccccc1. The summed E-state index contributed by atoms with van der Waals surface area (Å²) in [6, 6.07) is 10.6. The van der Waals surface area contributed by atoms with Gasteiger partial charge in [0.05, 0.1) is 6.10 Å². The van der Waals surface area contributed by atoms with Crippen molar-refractivity contribution < 1.29 is 9.53 Å². The zero-order valence-electron chi connectivity index (χ0n) is 14.1. The maximum Gasteiger partial charge on any atom is 0.162 e. The first-order valence-corrected chi connectivity index (χ1v) is 9.49. The predicted octanol–water partition coefficient (Wildman–Crippen LogP) is 4.73. The minimum Gasteiger partial charge on any atom is -0.367 e. The lowest BCUT2D eigenvalue weighted by atomic mass is 9.59.